The number of nitrogens with zero attached hydrogens (tertiary/aromatic N) is 2. The summed E-state index contributed by atoms with van der Waals surface area (Å²) in [6.45, 7) is 2.36. The number of hydrogen-bond donors (Lipinski definition) is 0. The van der Waals surface area contributed by atoms with Gasteiger partial charge < -0.3 is 9.64 Å². The zero-order valence-corrected chi connectivity index (χ0v) is 12.4. The molecule has 21 heavy (non-hydrogen) atoms. The Morgan fingerprint density at radius 2 is 2.10 bits per heavy atom. The predicted octanol–water partition coefficient (Wildman–Crippen LogP) is 2.27. The van der Waals surface area contributed by atoms with Crippen LogP contribution in [0.1, 0.15) is 23.7 Å². The van der Waals surface area contributed by atoms with Gasteiger partial charge in [-0.2, -0.15) is 0 Å². The number of nitro groups is 1. The van der Waals surface area contributed by atoms with Crippen molar-refractivity contribution < 1.29 is 19.2 Å². The number of methoxy groups -OCH3 is 1. The van der Waals surface area contributed by atoms with Crippen LogP contribution in [0.2, 0.25) is 5.02 Å². The van der Waals surface area contributed by atoms with Crippen molar-refractivity contribution in [3.63, 3.8) is 0 Å². The zero-order valence-electron chi connectivity index (χ0n) is 11.7. The molecule has 1 aromatic carbocycles. The van der Waals surface area contributed by atoms with Gasteiger partial charge in [-0.3, -0.25) is 19.7 Å². The van der Waals surface area contributed by atoms with E-state index in [0.29, 0.717) is 6.54 Å². The van der Waals surface area contributed by atoms with Crippen LogP contribution < -0.4 is 0 Å². The van der Waals surface area contributed by atoms with Crippen molar-refractivity contribution in [2.24, 2.45) is 0 Å². The third-order valence-electron chi connectivity index (χ3n) is 2.87. The molecule has 0 bridgehead atoms. The first kappa shape index (κ1) is 16.9. The Balaban J connectivity index is 2.87. The zero-order chi connectivity index (χ0) is 16.0. The fourth-order valence-corrected chi connectivity index (χ4v) is 1.95. The Hall–Kier alpha value is -2.15. The number of hydrogen-bond acceptors (Lipinski definition) is 5. The Bertz CT molecular complexity index is 561. The molecule has 114 valence electrons. The van der Waals surface area contributed by atoms with Crippen LogP contribution in [0, 0.1) is 10.1 Å². The molecule has 1 rings (SSSR count). The molecule has 0 aliphatic heterocycles. The highest BCUT2D eigenvalue weighted by Gasteiger charge is 2.19. The van der Waals surface area contributed by atoms with Crippen molar-refractivity contribution in [3.05, 3.63) is 38.9 Å². The molecule has 0 N–H and O–H groups in total. The average Bonchev–Trinajstić information content (AvgIpc) is 2.46. The molecular weight excluding hydrogens is 300 g/mol. The summed E-state index contributed by atoms with van der Waals surface area (Å²) in [5.74, 6) is -0.763. The van der Waals surface area contributed by atoms with Gasteiger partial charge in [-0.25, -0.2) is 0 Å². The van der Waals surface area contributed by atoms with E-state index < -0.39 is 10.9 Å². The fourth-order valence-electron chi connectivity index (χ4n) is 1.70. The molecule has 1 aromatic rings. The van der Waals surface area contributed by atoms with Gasteiger partial charge in [-0.1, -0.05) is 11.6 Å². The van der Waals surface area contributed by atoms with Gasteiger partial charge in [-0.05, 0) is 19.1 Å². The number of halogens is 1. The number of ether oxygens (including phenoxy) is 1. The SMILES string of the molecule is CCN(CCC(=O)OC)C(=O)c1ccc([N+](=O)[O-])c(Cl)c1. The maximum atomic E-state index is 12.3. The molecule has 0 fully saturated rings. The topological polar surface area (TPSA) is 89.8 Å². The van der Waals surface area contributed by atoms with E-state index in [1.807, 2.05) is 0 Å². The Labute approximate surface area is 126 Å². The molecular formula is C13H15ClN2O5. The number of rotatable bonds is 6. The Kier molecular flexibility index (Phi) is 6.10. The van der Waals surface area contributed by atoms with E-state index in [9.17, 15) is 19.7 Å². The molecule has 0 atom stereocenters. The van der Waals surface area contributed by atoms with Gasteiger partial charge >= 0.3 is 5.97 Å². The summed E-state index contributed by atoms with van der Waals surface area (Å²) in [4.78, 5) is 34.9. The lowest BCUT2D eigenvalue weighted by Crippen LogP contribution is -2.33. The fraction of sp³-hybridized carbons (Fsp3) is 0.385. The number of carbonyl (C=O) groups is 2. The van der Waals surface area contributed by atoms with Crippen LogP contribution in [0.3, 0.4) is 0 Å². The van der Waals surface area contributed by atoms with E-state index in [1.54, 1.807) is 6.92 Å². The number of nitro benzene ring substituents is 1. The summed E-state index contributed by atoms with van der Waals surface area (Å²) in [5.41, 5.74) is -0.0249. The highest BCUT2D eigenvalue weighted by molar-refractivity contribution is 6.33. The maximum Gasteiger partial charge on any atom is 0.307 e. The van der Waals surface area contributed by atoms with Gasteiger partial charge in [0.2, 0.25) is 0 Å². The van der Waals surface area contributed by atoms with E-state index in [-0.39, 0.29) is 35.1 Å². The monoisotopic (exact) mass is 314 g/mol. The first-order valence-corrected chi connectivity index (χ1v) is 6.58. The highest BCUT2D eigenvalue weighted by Crippen LogP contribution is 2.25. The number of benzene rings is 1. The third kappa shape index (κ3) is 4.42. The molecule has 1 amide bonds. The van der Waals surface area contributed by atoms with Crippen LogP contribution in [0.25, 0.3) is 0 Å². The predicted molar refractivity (Wildman–Crippen MR) is 76.3 cm³/mol. The van der Waals surface area contributed by atoms with Crippen LogP contribution >= 0.6 is 11.6 Å². The third-order valence-corrected chi connectivity index (χ3v) is 3.18. The molecule has 0 saturated heterocycles. The number of amides is 1. The lowest BCUT2D eigenvalue weighted by Gasteiger charge is -2.20. The molecule has 0 aliphatic carbocycles. The Morgan fingerprint density at radius 3 is 2.57 bits per heavy atom. The van der Waals surface area contributed by atoms with E-state index >= 15 is 0 Å². The summed E-state index contributed by atoms with van der Waals surface area (Å²) in [6, 6.07) is 3.78. The highest BCUT2D eigenvalue weighted by atomic mass is 35.5. The Morgan fingerprint density at radius 1 is 1.43 bits per heavy atom. The minimum Gasteiger partial charge on any atom is -0.469 e. The van der Waals surface area contributed by atoms with Gasteiger partial charge in [0.1, 0.15) is 5.02 Å². The summed E-state index contributed by atoms with van der Waals surface area (Å²) in [7, 11) is 1.27. The van der Waals surface area contributed by atoms with Gasteiger partial charge in [0, 0.05) is 24.7 Å². The van der Waals surface area contributed by atoms with Crippen molar-refractivity contribution in [2.45, 2.75) is 13.3 Å². The van der Waals surface area contributed by atoms with E-state index in [2.05, 4.69) is 4.74 Å². The lowest BCUT2D eigenvalue weighted by atomic mass is 10.1. The summed E-state index contributed by atoms with van der Waals surface area (Å²) < 4.78 is 4.52. The largest absolute Gasteiger partial charge is 0.469 e. The van der Waals surface area contributed by atoms with Crippen molar-refractivity contribution >= 4 is 29.2 Å². The van der Waals surface area contributed by atoms with Gasteiger partial charge in [0.15, 0.2) is 0 Å². The summed E-state index contributed by atoms with van der Waals surface area (Å²) >= 11 is 5.78. The molecule has 0 unspecified atom stereocenters. The molecule has 0 saturated carbocycles. The van der Waals surface area contributed by atoms with Crippen LogP contribution in [0.5, 0.6) is 0 Å². The molecule has 0 aromatic heterocycles. The standard InChI is InChI=1S/C13H15ClN2O5/c1-3-15(7-6-12(17)21-2)13(18)9-4-5-11(16(19)20)10(14)8-9/h4-5,8H,3,6-7H2,1-2H3. The maximum absolute atomic E-state index is 12.3. The molecule has 7 nitrogen and oxygen atoms in total. The smallest absolute Gasteiger partial charge is 0.307 e. The second-order valence-electron chi connectivity index (χ2n) is 4.13. The minimum absolute atomic E-state index is 0.0802. The van der Waals surface area contributed by atoms with E-state index in [4.69, 9.17) is 11.6 Å². The van der Waals surface area contributed by atoms with Gasteiger partial charge in [0.25, 0.3) is 11.6 Å². The summed E-state index contributed by atoms with van der Waals surface area (Å²) in [6.07, 6.45) is 0.0802. The normalized spacial score (nSPS) is 10.0. The van der Waals surface area contributed by atoms with E-state index in [1.165, 1.54) is 30.2 Å². The number of carbonyl (C=O) groups excluding carboxylic acids is 2. The van der Waals surface area contributed by atoms with E-state index in [0.717, 1.165) is 0 Å². The van der Waals surface area contributed by atoms with Crippen LogP contribution in [0.15, 0.2) is 18.2 Å². The minimum atomic E-state index is -0.620. The first-order chi connectivity index (χ1) is 9.90. The molecule has 8 heteroatoms. The molecule has 0 radical (unpaired) electrons. The van der Waals surface area contributed by atoms with Crippen molar-refractivity contribution in [1.29, 1.82) is 0 Å². The molecule has 0 spiro atoms. The van der Waals surface area contributed by atoms with Crippen molar-refractivity contribution in [3.8, 4) is 0 Å². The second-order valence-corrected chi connectivity index (χ2v) is 4.54. The average molecular weight is 315 g/mol. The van der Waals surface area contributed by atoms with Crippen molar-refractivity contribution in [1.82, 2.24) is 4.90 Å². The quantitative estimate of drug-likeness (QED) is 0.456. The van der Waals surface area contributed by atoms with Crippen LogP contribution in [-0.2, 0) is 9.53 Å². The first-order valence-electron chi connectivity index (χ1n) is 6.20. The van der Waals surface area contributed by atoms with Gasteiger partial charge in [0.05, 0.1) is 18.5 Å². The molecule has 0 heterocycles. The lowest BCUT2D eigenvalue weighted by molar-refractivity contribution is -0.384. The van der Waals surface area contributed by atoms with Crippen molar-refractivity contribution in [2.75, 3.05) is 20.2 Å². The van der Waals surface area contributed by atoms with Gasteiger partial charge in [-0.15, -0.1) is 0 Å². The summed E-state index contributed by atoms with van der Waals surface area (Å²) in [5, 5.41) is 10.6. The molecule has 0 aliphatic rings. The second kappa shape index (κ2) is 7.58. The number of esters is 1. The van der Waals surface area contributed by atoms with Crippen LogP contribution in [0.4, 0.5) is 5.69 Å². The van der Waals surface area contributed by atoms with Crippen LogP contribution in [-0.4, -0.2) is 41.9 Å².